The number of carbonyl (C=O) groups is 1. The Hall–Kier alpha value is -3.90. The molecule has 1 N–H and O–H groups in total. The molecule has 0 spiro atoms. The first-order valence-corrected chi connectivity index (χ1v) is 12.2. The van der Waals surface area contributed by atoms with Crippen LogP contribution >= 0.6 is 0 Å². The van der Waals surface area contributed by atoms with Gasteiger partial charge in [-0.15, -0.1) is 0 Å². The number of nitriles is 1. The van der Waals surface area contributed by atoms with Crippen LogP contribution in [-0.2, 0) is 11.2 Å². The van der Waals surface area contributed by atoms with Crippen LogP contribution in [0.15, 0.2) is 42.7 Å². The van der Waals surface area contributed by atoms with Gasteiger partial charge in [-0.2, -0.15) is 10.4 Å². The topological polar surface area (TPSA) is 92.4 Å². The van der Waals surface area contributed by atoms with Crippen molar-refractivity contribution in [1.29, 1.82) is 5.26 Å². The van der Waals surface area contributed by atoms with Crippen molar-refractivity contribution in [2.75, 3.05) is 25.1 Å². The van der Waals surface area contributed by atoms with E-state index in [1.807, 2.05) is 42.2 Å². The maximum atomic E-state index is 14.0. The number of ether oxygens (including phenoxy) is 2. The summed E-state index contributed by atoms with van der Waals surface area (Å²) in [5, 5.41) is 17.3. The summed E-state index contributed by atoms with van der Waals surface area (Å²) in [4.78, 5) is 14.3. The van der Waals surface area contributed by atoms with Crippen LogP contribution in [-0.4, -0.2) is 42.1 Å². The number of carbonyl (C=O) groups excluding carboxylic acids is 1. The van der Waals surface area contributed by atoms with Crippen LogP contribution in [0.3, 0.4) is 0 Å². The molecule has 0 aliphatic carbocycles. The van der Waals surface area contributed by atoms with E-state index in [9.17, 15) is 14.4 Å². The van der Waals surface area contributed by atoms with E-state index >= 15 is 0 Å². The van der Waals surface area contributed by atoms with E-state index in [4.69, 9.17) is 9.47 Å². The Balaban J connectivity index is 1.61. The molecule has 2 aliphatic heterocycles. The molecule has 1 fully saturated rings. The Bertz CT molecular complexity index is 1330. The van der Waals surface area contributed by atoms with Crippen molar-refractivity contribution in [1.82, 2.24) is 15.1 Å². The first kappa shape index (κ1) is 23.8. The van der Waals surface area contributed by atoms with Gasteiger partial charge >= 0.3 is 6.09 Å². The van der Waals surface area contributed by atoms with Gasteiger partial charge in [-0.1, -0.05) is 0 Å². The number of benzene rings is 2. The molecule has 0 radical (unpaired) electrons. The Morgan fingerprint density at radius 1 is 1.22 bits per heavy atom. The second-order valence-corrected chi connectivity index (χ2v) is 9.21. The minimum atomic E-state index is -0.603. The summed E-state index contributed by atoms with van der Waals surface area (Å²) in [5.41, 5.74) is 3.18. The number of halogens is 1. The van der Waals surface area contributed by atoms with E-state index in [1.165, 1.54) is 25.3 Å². The zero-order valence-electron chi connectivity index (χ0n) is 20.3. The Morgan fingerprint density at radius 2 is 2.03 bits per heavy atom. The standard InChI is InChI=1S/C27H28FN5O3/c1-17-3-5-23-25(33(17)27(34)35-2)8-6-22(19-15-31-32(16-19)20-9-11-30-12-10-20)26(23)36-21-4-7-24(28)18(13-21)14-29/h4,6-8,13,15-17,20,30H,3,5,9-12H2,1-2H3. The maximum absolute atomic E-state index is 14.0. The molecular weight excluding hydrogens is 461 g/mol. The predicted octanol–water partition coefficient (Wildman–Crippen LogP) is 5.19. The van der Waals surface area contributed by atoms with Gasteiger partial charge in [0.15, 0.2) is 0 Å². The second-order valence-electron chi connectivity index (χ2n) is 9.21. The number of amides is 1. The molecule has 186 valence electrons. The molecule has 1 atom stereocenters. The van der Waals surface area contributed by atoms with Gasteiger partial charge < -0.3 is 14.8 Å². The molecule has 2 aromatic carbocycles. The van der Waals surface area contributed by atoms with E-state index in [2.05, 4.69) is 10.4 Å². The van der Waals surface area contributed by atoms with E-state index in [0.717, 1.165) is 49.0 Å². The van der Waals surface area contributed by atoms with Crippen LogP contribution in [0.25, 0.3) is 11.1 Å². The van der Waals surface area contributed by atoms with Crippen LogP contribution in [0.4, 0.5) is 14.9 Å². The molecule has 1 aromatic heterocycles. The number of fused-ring (bicyclic) bond motifs is 1. The van der Waals surface area contributed by atoms with Crippen LogP contribution in [0.2, 0.25) is 0 Å². The Morgan fingerprint density at radius 3 is 2.78 bits per heavy atom. The fourth-order valence-corrected chi connectivity index (χ4v) is 5.04. The molecule has 0 saturated carbocycles. The van der Waals surface area contributed by atoms with E-state index in [1.54, 1.807) is 4.90 Å². The number of piperidine rings is 1. The Labute approximate surface area is 209 Å². The molecule has 0 bridgehead atoms. The smallest absolute Gasteiger partial charge is 0.414 e. The first-order valence-electron chi connectivity index (χ1n) is 12.2. The summed E-state index contributed by atoms with van der Waals surface area (Å²) in [6.45, 7) is 3.90. The fourth-order valence-electron chi connectivity index (χ4n) is 5.04. The van der Waals surface area contributed by atoms with Gasteiger partial charge in [0.2, 0.25) is 0 Å². The summed E-state index contributed by atoms with van der Waals surface area (Å²) in [6, 6.07) is 10.1. The minimum Gasteiger partial charge on any atom is -0.456 e. The largest absolute Gasteiger partial charge is 0.456 e. The number of nitrogens with zero attached hydrogens (tertiary/aromatic N) is 4. The molecule has 1 unspecified atom stereocenters. The number of nitrogens with one attached hydrogen (secondary N) is 1. The van der Waals surface area contributed by atoms with Gasteiger partial charge in [0.25, 0.3) is 0 Å². The van der Waals surface area contributed by atoms with Crippen molar-refractivity contribution in [2.45, 2.75) is 44.7 Å². The number of hydrogen-bond acceptors (Lipinski definition) is 6. The van der Waals surface area contributed by atoms with Crippen molar-refractivity contribution in [3.8, 4) is 28.7 Å². The van der Waals surface area contributed by atoms with Crippen molar-refractivity contribution in [2.24, 2.45) is 0 Å². The van der Waals surface area contributed by atoms with Gasteiger partial charge in [-0.3, -0.25) is 9.58 Å². The minimum absolute atomic E-state index is 0.0395. The van der Waals surface area contributed by atoms with E-state index < -0.39 is 11.9 Å². The number of hydrogen-bond donors (Lipinski definition) is 1. The summed E-state index contributed by atoms with van der Waals surface area (Å²) in [5.74, 6) is 0.305. The lowest BCUT2D eigenvalue weighted by atomic mass is 9.92. The quantitative estimate of drug-likeness (QED) is 0.543. The molecule has 5 rings (SSSR count). The number of methoxy groups -OCH3 is 1. The predicted molar refractivity (Wildman–Crippen MR) is 133 cm³/mol. The van der Waals surface area contributed by atoms with Gasteiger partial charge in [0, 0.05) is 35.0 Å². The van der Waals surface area contributed by atoms with Crippen LogP contribution in [0.5, 0.6) is 11.5 Å². The van der Waals surface area contributed by atoms with E-state index in [-0.39, 0.29) is 11.6 Å². The van der Waals surface area contributed by atoms with Crippen LogP contribution < -0.4 is 15.0 Å². The lowest BCUT2D eigenvalue weighted by molar-refractivity contribution is 0.175. The second kappa shape index (κ2) is 9.99. The van der Waals surface area contributed by atoms with Gasteiger partial charge in [0.1, 0.15) is 23.4 Å². The average molecular weight is 490 g/mol. The summed E-state index contributed by atoms with van der Waals surface area (Å²) in [7, 11) is 1.37. The zero-order chi connectivity index (χ0) is 25.2. The van der Waals surface area contributed by atoms with Crippen molar-refractivity contribution >= 4 is 11.8 Å². The van der Waals surface area contributed by atoms with Gasteiger partial charge in [0.05, 0.1) is 30.6 Å². The molecular formula is C27H28FN5O3. The molecule has 1 saturated heterocycles. The third-order valence-electron chi connectivity index (χ3n) is 6.99. The lowest BCUT2D eigenvalue weighted by Crippen LogP contribution is -2.42. The highest BCUT2D eigenvalue weighted by molar-refractivity contribution is 5.92. The number of rotatable bonds is 4. The molecule has 2 aliphatic rings. The number of anilines is 1. The normalized spacial score (nSPS) is 17.8. The third-order valence-corrected chi connectivity index (χ3v) is 6.99. The average Bonchev–Trinajstić information content (AvgIpc) is 3.40. The number of aromatic nitrogens is 2. The highest BCUT2D eigenvalue weighted by Gasteiger charge is 2.32. The monoisotopic (exact) mass is 489 g/mol. The van der Waals surface area contributed by atoms with E-state index in [0.29, 0.717) is 29.6 Å². The molecule has 8 nitrogen and oxygen atoms in total. The highest BCUT2D eigenvalue weighted by Crippen LogP contribution is 2.45. The van der Waals surface area contributed by atoms with Crippen LogP contribution in [0, 0.1) is 17.1 Å². The Kier molecular flexibility index (Phi) is 6.61. The molecule has 3 heterocycles. The fraction of sp³-hybridized carbons (Fsp3) is 0.370. The first-order chi connectivity index (χ1) is 17.5. The summed E-state index contributed by atoms with van der Waals surface area (Å²) < 4.78 is 27.4. The highest BCUT2D eigenvalue weighted by atomic mass is 19.1. The SMILES string of the molecule is COC(=O)N1c2ccc(-c3cnn(C4CCNCC4)c3)c(Oc3ccc(F)c(C#N)c3)c2CCC1C. The molecule has 3 aromatic rings. The summed E-state index contributed by atoms with van der Waals surface area (Å²) in [6.07, 6.45) is 6.84. The van der Waals surface area contributed by atoms with Crippen molar-refractivity contribution in [3.63, 3.8) is 0 Å². The van der Waals surface area contributed by atoms with Crippen molar-refractivity contribution < 1.29 is 18.7 Å². The summed E-state index contributed by atoms with van der Waals surface area (Å²) >= 11 is 0. The van der Waals surface area contributed by atoms with Gasteiger partial charge in [-0.05, 0) is 70.0 Å². The lowest BCUT2D eigenvalue weighted by Gasteiger charge is -2.35. The maximum Gasteiger partial charge on any atom is 0.414 e. The van der Waals surface area contributed by atoms with Crippen molar-refractivity contribution in [3.05, 3.63) is 59.7 Å². The molecule has 1 amide bonds. The zero-order valence-corrected chi connectivity index (χ0v) is 20.3. The third kappa shape index (κ3) is 4.40. The van der Waals surface area contributed by atoms with Crippen LogP contribution in [0.1, 0.15) is 43.4 Å². The molecule has 36 heavy (non-hydrogen) atoms. The van der Waals surface area contributed by atoms with Gasteiger partial charge in [-0.25, -0.2) is 9.18 Å². The molecule has 9 heteroatoms.